The van der Waals surface area contributed by atoms with Crippen molar-refractivity contribution in [3.63, 3.8) is 0 Å². The zero-order valence-electron chi connectivity index (χ0n) is 12.7. The van der Waals surface area contributed by atoms with Crippen LogP contribution >= 0.6 is 11.6 Å². The highest BCUT2D eigenvalue weighted by molar-refractivity contribution is 6.35. The maximum absolute atomic E-state index is 12.7. The second-order valence-corrected chi connectivity index (χ2v) is 6.68. The molecule has 21 heavy (non-hydrogen) atoms. The molecule has 2 nitrogen and oxygen atoms in total. The molecule has 0 amide bonds. The van der Waals surface area contributed by atoms with Crippen LogP contribution in [0.3, 0.4) is 0 Å². The molecule has 0 aliphatic heterocycles. The Bertz CT molecular complexity index is 696. The van der Waals surface area contributed by atoms with E-state index in [1.165, 1.54) is 0 Å². The fraction of sp³-hybridized carbons (Fsp3) is 0.438. The summed E-state index contributed by atoms with van der Waals surface area (Å²) in [6, 6.07) is 3.78. The summed E-state index contributed by atoms with van der Waals surface area (Å²) in [5.74, 6) is 0. The second-order valence-electron chi connectivity index (χ2n) is 6.27. The van der Waals surface area contributed by atoms with E-state index in [0.717, 1.165) is 16.5 Å². The van der Waals surface area contributed by atoms with Gasteiger partial charge in [0, 0.05) is 18.9 Å². The van der Waals surface area contributed by atoms with Crippen LogP contribution in [-0.2, 0) is 18.9 Å². The first-order valence-corrected chi connectivity index (χ1v) is 7.11. The van der Waals surface area contributed by atoms with Gasteiger partial charge >= 0.3 is 0 Å². The van der Waals surface area contributed by atoms with Crippen molar-refractivity contribution in [3.05, 3.63) is 40.6 Å². The lowest BCUT2D eigenvalue weighted by Crippen LogP contribution is -2.13. The number of halogens is 3. The van der Waals surface area contributed by atoms with E-state index in [4.69, 9.17) is 11.6 Å². The maximum Gasteiger partial charge on any atom is 0.260 e. The number of aromatic nitrogens is 2. The lowest BCUT2D eigenvalue weighted by atomic mass is 9.85. The fourth-order valence-corrected chi connectivity index (χ4v) is 2.74. The van der Waals surface area contributed by atoms with Crippen molar-refractivity contribution in [1.29, 1.82) is 0 Å². The van der Waals surface area contributed by atoms with Crippen LogP contribution in [0.25, 0.3) is 10.9 Å². The molecule has 0 saturated heterocycles. The van der Waals surface area contributed by atoms with Gasteiger partial charge in [-0.25, -0.2) is 8.78 Å². The van der Waals surface area contributed by atoms with Crippen molar-refractivity contribution in [2.75, 3.05) is 0 Å². The van der Waals surface area contributed by atoms with Gasteiger partial charge in [-0.2, -0.15) is 5.10 Å². The minimum Gasteiger partial charge on any atom is -0.267 e. The first-order chi connectivity index (χ1) is 9.62. The highest BCUT2D eigenvalue weighted by atomic mass is 35.5. The first kappa shape index (κ1) is 16.0. The Hall–Kier alpha value is -1.42. The summed E-state index contributed by atoms with van der Waals surface area (Å²) in [5.41, 5.74) is 2.30. The van der Waals surface area contributed by atoms with Crippen LogP contribution in [0.5, 0.6) is 0 Å². The lowest BCUT2D eigenvalue weighted by Gasteiger charge is -2.21. The third-order valence-corrected chi connectivity index (χ3v) is 3.84. The van der Waals surface area contributed by atoms with E-state index in [1.807, 2.05) is 13.1 Å². The molecule has 1 aromatic carbocycles. The Morgan fingerprint density at radius 3 is 2.52 bits per heavy atom. The number of allylic oxidation sites excluding steroid dienone is 1. The first-order valence-electron chi connectivity index (χ1n) is 6.73. The minimum absolute atomic E-state index is 0.0301. The number of rotatable bonds is 3. The molecule has 0 aliphatic rings. The van der Waals surface area contributed by atoms with E-state index in [1.54, 1.807) is 10.7 Å². The fourth-order valence-electron chi connectivity index (χ4n) is 2.48. The zero-order valence-corrected chi connectivity index (χ0v) is 13.4. The highest BCUT2D eigenvalue weighted by Crippen LogP contribution is 2.36. The van der Waals surface area contributed by atoms with E-state index in [-0.39, 0.29) is 17.4 Å². The predicted molar refractivity (Wildman–Crippen MR) is 83.3 cm³/mol. The molecule has 1 heterocycles. The van der Waals surface area contributed by atoms with Crippen molar-refractivity contribution < 1.29 is 8.78 Å². The number of hydrogen-bond donors (Lipinski definition) is 0. The average molecular weight is 313 g/mol. The molecular formula is C16H19ClF2N2. The van der Waals surface area contributed by atoms with Crippen LogP contribution in [-0.4, -0.2) is 16.2 Å². The molecule has 0 spiro atoms. The Kier molecular flexibility index (Phi) is 4.11. The van der Waals surface area contributed by atoms with Gasteiger partial charge in [0.15, 0.2) is 0 Å². The molecule has 1 aromatic heterocycles. The van der Waals surface area contributed by atoms with Crippen LogP contribution in [0, 0.1) is 0 Å². The summed E-state index contributed by atoms with van der Waals surface area (Å²) in [7, 11) is 1.81. The third kappa shape index (κ3) is 2.95. The van der Waals surface area contributed by atoms with Crippen molar-refractivity contribution in [1.82, 2.24) is 9.78 Å². The van der Waals surface area contributed by atoms with Crippen LogP contribution in [0.15, 0.2) is 24.3 Å². The molecular weight excluding hydrogens is 294 g/mol. The largest absolute Gasteiger partial charge is 0.267 e. The average Bonchev–Trinajstić information content (AvgIpc) is 2.66. The number of nitrogens with zero attached hydrogens (tertiary/aromatic N) is 2. The Labute approximate surface area is 128 Å². The zero-order chi connectivity index (χ0) is 15.9. The third-order valence-electron chi connectivity index (χ3n) is 3.52. The quantitative estimate of drug-likeness (QED) is 0.738. The molecule has 114 valence electrons. The SMILES string of the molecule is C=C(Cc1nn(C)c2c(C(C)(C)C)ccc(Cl)c12)C(F)F. The van der Waals surface area contributed by atoms with Crippen LogP contribution in [0.4, 0.5) is 8.78 Å². The van der Waals surface area contributed by atoms with Gasteiger partial charge in [0.1, 0.15) is 0 Å². The molecule has 2 rings (SSSR count). The number of aryl methyl sites for hydroxylation is 1. The standard InChI is InChI=1S/C16H19ClF2N2/c1-9(15(18)19)8-12-13-11(17)7-6-10(16(2,3)4)14(13)21(5)20-12/h6-7,15H,1,8H2,2-5H3. The molecule has 2 aromatic rings. The van der Waals surface area contributed by atoms with Crippen LogP contribution in [0.1, 0.15) is 32.0 Å². The summed E-state index contributed by atoms with van der Waals surface area (Å²) < 4.78 is 27.2. The van der Waals surface area contributed by atoms with Gasteiger partial charge in [-0.05, 0) is 22.6 Å². The molecule has 5 heteroatoms. The number of hydrogen-bond acceptors (Lipinski definition) is 1. The second kappa shape index (κ2) is 5.41. The van der Waals surface area contributed by atoms with Gasteiger partial charge in [0.05, 0.1) is 16.2 Å². The molecule has 0 aliphatic carbocycles. The van der Waals surface area contributed by atoms with Gasteiger partial charge in [0.2, 0.25) is 0 Å². The Morgan fingerprint density at radius 1 is 1.38 bits per heavy atom. The topological polar surface area (TPSA) is 17.8 Å². The Balaban J connectivity index is 2.69. The molecule has 0 N–H and O–H groups in total. The van der Waals surface area contributed by atoms with Gasteiger partial charge in [-0.1, -0.05) is 45.0 Å². The van der Waals surface area contributed by atoms with E-state index in [2.05, 4.69) is 32.4 Å². The van der Waals surface area contributed by atoms with E-state index in [0.29, 0.717) is 10.7 Å². The van der Waals surface area contributed by atoms with Gasteiger partial charge in [0.25, 0.3) is 6.43 Å². The molecule has 0 atom stereocenters. The number of benzene rings is 1. The molecule has 0 saturated carbocycles. The van der Waals surface area contributed by atoms with Crippen molar-refractivity contribution >= 4 is 22.5 Å². The molecule has 0 bridgehead atoms. The maximum atomic E-state index is 12.7. The summed E-state index contributed by atoms with van der Waals surface area (Å²) in [4.78, 5) is 0. The number of alkyl halides is 2. The summed E-state index contributed by atoms with van der Waals surface area (Å²) >= 11 is 6.29. The van der Waals surface area contributed by atoms with E-state index in [9.17, 15) is 8.78 Å². The van der Waals surface area contributed by atoms with Crippen molar-refractivity contribution in [2.45, 2.75) is 39.0 Å². The Morgan fingerprint density at radius 2 is 2.00 bits per heavy atom. The number of fused-ring (bicyclic) bond motifs is 1. The molecule has 0 radical (unpaired) electrons. The smallest absolute Gasteiger partial charge is 0.260 e. The van der Waals surface area contributed by atoms with Gasteiger partial charge in [-0.15, -0.1) is 0 Å². The molecule has 0 unspecified atom stereocenters. The van der Waals surface area contributed by atoms with E-state index < -0.39 is 6.43 Å². The van der Waals surface area contributed by atoms with Crippen molar-refractivity contribution in [2.24, 2.45) is 7.05 Å². The minimum atomic E-state index is -2.55. The lowest BCUT2D eigenvalue weighted by molar-refractivity contribution is 0.187. The van der Waals surface area contributed by atoms with Gasteiger partial charge < -0.3 is 0 Å². The summed E-state index contributed by atoms with van der Waals surface area (Å²) in [5, 5.41) is 5.66. The molecule has 0 fully saturated rings. The normalized spacial score (nSPS) is 12.4. The van der Waals surface area contributed by atoms with E-state index >= 15 is 0 Å². The van der Waals surface area contributed by atoms with Crippen molar-refractivity contribution in [3.8, 4) is 0 Å². The van der Waals surface area contributed by atoms with Crippen LogP contribution in [0.2, 0.25) is 5.02 Å². The monoisotopic (exact) mass is 312 g/mol. The summed E-state index contributed by atoms with van der Waals surface area (Å²) in [6.07, 6.45) is -2.52. The predicted octanol–water partition coefficient (Wildman–Crippen LogP) is 4.89. The highest BCUT2D eigenvalue weighted by Gasteiger charge is 2.23. The van der Waals surface area contributed by atoms with Gasteiger partial charge in [-0.3, -0.25) is 4.68 Å². The van der Waals surface area contributed by atoms with Crippen LogP contribution < -0.4 is 0 Å². The summed E-state index contributed by atoms with van der Waals surface area (Å²) in [6.45, 7) is 9.72.